The number of hydrogen-bond acceptors (Lipinski definition) is 3. The first-order valence-electron chi connectivity index (χ1n) is 6.17. The van der Waals surface area contributed by atoms with Crippen LogP contribution in [0.5, 0.6) is 11.5 Å². The quantitative estimate of drug-likeness (QED) is 0.767. The third-order valence-corrected chi connectivity index (χ3v) is 3.68. The minimum Gasteiger partial charge on any atom is -0.497 e. The largest absolute Gasteiger partial charge is 0.497 e. The fraction of sp³-hybridized carbons (Fsp3) is 0.188. The Morgan fingerprint density at radius 1 is 1.20 bits per heavy atom. The van der Waals surface area contributed by atoms with Crippen LogP contribution in [0.1, 0.15) is 22.8 Å². The van der Waals surface area contributed by atoms with Crippen molar-refractivity contribution < 1.29 is 14.3 Å². The molecule has 0 aliphatic rings. The van der Waals surface area contributed by atoms with Gasteiger partial charge in [-0.15, -0.1) is 0 Å². The number of ketones is 1. The zero-order chi connectivity index (χ0) is 14.5. The molecule has 0 saturated heterocycles. The number of ether oxygens (including phenoxy) is 2. The summed E-state index contributed by atoms with van der Waals surface area (Å²) in [7, 11) is 1.58. The molecule has 104 valence electrons. The summed E-state index contributed by atoms with van der Waals surface area (Å²) in [5, 5.41) is 0. The Kier molecular flexibility index (Phi) is 4.79. The van der Waals surface area contributed by atoms with E-state index in [4.69, 9.17) is 9.47 Å². The fourth-order valence-electron chi connectivity index (χ4n) is 1.81. The topological polar surface area (TPSA) is 35.5 Å². The van der Waals surface area contributed by atoms with Gasteiger partial charge < -0.3 is 9.47 Å². The van der Waals surface area contributed by atoms with Crippen LogP contribution in [-0.4, -0.2) is 12.9 Å². The molecule has 0 amide bonds. The number of benzene rings is 2. The van der Waals surface area contributed by atoms with Gasteiger partial charge in [-0.1, -0.05) is 34.1 Å². The Morgan fingerprint density at radius 2 is 1.95 bits per heavy atom. The molecule has 20 heavy (non-hydrogen) atoms. The number of rotatable bonds is 5. The zero-order valence-electron chi connectivity index (χ0n) is 11.4. The van der Waals surface area contributed by atoms with Gasteiger partial charge >= 0.3 is 0 Å². The molecule has 2 aromatic rings. The first-order valence-corrected chi connectivity index (χ1v) is 6.96. The van der Waals surface area contributed by atoms with E-state index in [0.29, 0.717) is 23.7 Å². The maximum Gasteiger partial charge on any atom is 0.163 e. The molecule has 0 unspecified atom stereocenters. The highest BCUT2D eigenvalue weighted by Crippen LogP contribution is 2.27. The Bertz CT molecular complexity index is 623. The van der Waals surface area contributed by atoms with E-state index in [9.17, 15) is 4.79 Å². The molecule has 0 heterocycles. The lowest BCUT2D eigenvalue weighted by Gasteiger charge is -2.12. The van der Waals surface area contributed by atoms with Gasteiger partial charge in [0.2, 0.25) is 0 Å². The molecule has 0 fully saturated rings. The normalized spacial score (nSPS) is 10.2. The van der Waals surface area contributed by atoms with E-state index in [2.05, 4.69) is 15.9 Å². The van der Waals surface area contributed by atoms with Gasteiger partial charge in [-0.05, 0) is 25.1 Å². The van der Waals surface area contributed by atoms with Gasteiger partial charge in [0.1, 0.15) is 18.1 Å². The minimum absolute atomic E-state index is 0.0326. The van der Waals surface area contributed by atoms with E-state index in [0.717, 1.165) is 10.0 Å². The molecule has 4 heteroatoms. The number of halogens is 1. The predicted octanol–water partition coefficient (Wildman–Crippen LogP) is 4.24. The molecule has 0 radical (unpaired) electrons. The van der Waals surface area contributed by atoms with Crippen LogP contribution in [0, 0.1) is 0 Å². The maximum atomic E-state index is 11.6. The molecule has 0 bridgehead atoms. The first-order chi connectivity index (χ1) is 9.61. The second-order valence-corrected chi connectivity index (χ2v) is 5.15. The van der Waals surface area contributed by atoms with Gasteiger partial charge in [-0.3, -0.25) is 4.79 Å². The van der Waals surface area contributed by atoms with Crippen LogP contribution in [0.3, 0.4) is 0 Å². The van der Waals surface area contributed by atoms with Crippen molar-refractivity contribution in [2.75, 3.05) is 7.11 Å². The van der Waals surface area contributed by atoms with Gasteiger partial charge in [-0.2, -0.15) is 0 Å². The average Bonchev–Trinajstić information content (AvgIpc) is 2.46. The summed E-state index contributed by atoms with van der Waals surface area (Å²) >= 11 is 3.47. The molecule has 0 aliphatic carbocycles. The van der Waals surface area contributed by atoms with E-state index >= 15 is 0 Å². The first kappa shape index (κ1) is 14.6. The number of carbonyl (C=O) groups excluding carboxylic acids is 1. The van der Waals surface area contributed by atoms with Crippen LogP contribution < -0.4 is 9.47 Å². The second kappa shape index (κ2) is 6.57. The van der Waals surface area contributed by atoms with Crippen molar-refractivity contribution in [3.8, 4) is 11.5 Å². The van der Waals surface area contributed by atoms with Gasteiger partial charge in [-0.25, -0.2) is 0 Å². The summed E-state index contributed by atoms with van der Waals surface area (Å²) in [4.78, 5) is 11.6. The Morgan fingerprint density at radius 3 is 2.60 bits per heavy atom. The van der Waals surface area contributed by atoms with Crippen LogP contribution in [-0.2, 0) is 6.61 Å². The van der Waals surface area contributed by atoms with Crippen molar-refractivity contribution in [3.05, 3.63) is 58.1 Å². The lowest BCUT2D eigenvalue weighted by atomic mass is 10.1. The van der Waals surface area contributed by atoms with Gasteiger partial charge in [0.25, 0.3) is 0 Å². The maximum absolute atomic E-state index is 11.6. The van der Waals surface area contributed by atoms with Gasteiger partial charge in [0, 0.05) is 16.1 Å². The van der Waals surface area contributed by atoms with Crippen molar-refractivity contribution in [3.63, 3.8) is 0 Å². The van der Waals surface area contributed by atoms with E-state index in [1.54, 1.807) is 25.3 Å². The molecule has 0 aromatic heterocycles. The Balaban J connectivity index is 2.24. The number of methoxy groups -OCH3 is 1. The standard InChI is InChI=1S/C16H15BrO3/c1-11(18)14-8-7-13(19-2)9-16(14)20-10-12-5-3-4-6-15(12)17/h3-9H,10H2,1-2H3. The van der Waals surface area contributed by atoms with Gasteiger partial charge in [0.05, 0.1) is 12.7 Å². The smallest absolute Gasteiger partial charge is 0.163 e. The van der Waals surface area contributed by atoms with Crippen molar-refractivity contribution in [2.24, 2.45) is 0 Å². The third-order valence-electron chi connectivity index (χ3n) is 2.91. The van der Waals surface area contributed by atoms with Crippen LogP contribution in [0.2, 0.25) is 0 Å². The van der Waals surface area contributed by atoms with Crippen LogP contribution in [0.15, 0.2) is 46.9 Å². The van der Waals surface area contributed by atoms with E-state index < -0.39 is 0 Å². The zero-order valence-corrected chi connectivity index (χ0v) is 12.9. The summed E-state index contributed by atoms with van der Waals surface area (Å²) < 4.78 is 11.9. The van der Waals surface area contributed by atoms with Crippen LogP contribution >= 0.6 is 15.9 Å². The summed E-state index contributed by atoms with van der Waals surface area (Å²) in [5.74, 6) is 1.17. The number of Topliss-reactive ketones (excluding diaryl/α,β-unsaturated/α-hetero) is 1. The predicted molar refractivity (Wildman–Crippen MR) is 81.5 cm³/mol. The van der Waals surface area contributed by atoms with Crippen molar-refractivity contribution in [2.45, 2.75) is 13.5 Å². The van der Waals surface area contributed by atoms with Crippen molar-refractivity contribution in [1.29, 1.82) is 0 Å². The van der Waals surface area contributed by atoms with Crippen molar-refractivity contribution >= 4 is 21.7 Å². The fourth-order valence-corrected chi connectivity index (χ4v) is 2.21. The molecule has 0 aliphatic heterocycles. The molecule has 2 rings (SSSR count). The number of carbonyl (C=O) groups is 1. The highest BCUT2D eigenvalue weighted by molar-refractivity contribution is 9.10. The Labute approximate surface area is 126 Å². The van der Waals surface area contributed by atoms with Gasteiger partial charge in [0.15, 0.2) is 5.78 Å². The molecular formula is C16H15BrO3. The summed E-state index contributed by atoms with van der Waals surface area (Å²) in [6, 6.07) is 13.0. The molecule has 3 nitrogen and oxygen atoms in total. The molecule has 2 aromatic carbocycles. The van der Waals surface area contributed by atoms with E-state index in [-0.39, 0.29) is 5.78 Å². The summed E-state index contributed by atoms with van der Waals surface area (Å²) in [6.07, 6.45) is 0. The van der Waals surface area contributed by atoms with Crippen molar-refractivity contribution in [1.82, 2.24) is 0 Å². The average molecular weight is 335 g/mol. The molecule has 0 atom stereocenters. The van der Waals surface area contributed by atoms with E-state index in [1.807, 2.05) is 24.3 Å². The molecule has 0 N–H and O–H groups in total. The Hall–Kier alpha value is -1.81. The lowest BCUT2D eigenvalue weighted by molar-refractivity contribution is 0.101. The molecular weight excluding hydrogens is 320 g/mol. The monoisotopic (exact) mass is 334 g/mol. The summed E-state index contributed by atoms with van der Waals surface area (Å²) in [6.45, 7) is 1.90. The number of hydrogen-bond donors (Lipinski definition) is 0. The van der Waals surface area contributed by atoms with Crippen LogP contribution in [0.4, 0.5) is 0 Å². The highest BCUT2D eigenvalue weighted by atomic mass is 79.9. The minimum atomic E-state index is -0.0326. The molecule has 0 saturated carbocycles. The highest BCUT2D eigenvalue weighted by Gasteiger charge is 2.10. The lowest BCUT2D eigenvalue weighted by Crippen LogP contribution is -2.02. The van der Waals surface area contributed by atoms with E-state index in [1.165, 1.54) is 6.92 Å². The second-order valence-electron chi connectivity index (χ2n) is 4.30. The SMILES string of the molecule is COc1ccc(C(C)=O)c(OCc2ccccc2Br)c1. The van der Waals surface area contributed by atoms with Crippen LogP contribution in [0.25, 0.3) is 0 Å². The third kappa shape index (κ3) is 3.39. The molecule has 0 spiro atoms. The summed E-state index contributed by atoms with van der Waals surface area (Å²) in [5.41, 5.74) is 1.57.